The first kappa shape index (κ1) is 11.5. The summed E-state index contributed by atoms with van der Waals surface area (Å²) in [4.78, 5) is 11.1. The molecule has 0 radical (unpaired) electrons. The number of amides is 1. The van der Waals surface area contributed by atoms with Gasteiger partial charge in [0.1, 0.15) is 5.75 Å². The van der Waals surface area contributed by atoms with Gasteiger partial charge in [0, 0.05) is 6.42 Å². The van der Waals surface area contributed by atoms with E-state index in [9.17, 15) is 4.79 Å². The molecule has 0 aromatic heterocycles. The smallest absolute Gasteiger partial charge is 0.251 e. The van der Waals surface area contributed by atoms with Crippen LogP contribution in [-0.4, -0.2) is 19.1 Å². The number of nitrogens with one attached hydrogen (secondary N) is 1. The lowest BCUT2D eigenvalue weighted by atomic mass is 10.1. The predicted octanol–water partition coefficient (Wildman–Crippen LogP) is -0.445. The summed E-state index contributed by atoms with van der Waals surface area (Å²) in [6, 6.07) is 6.75. The van der Waals surface area contributed by atoms with E-state index < -0.39 is 6.04 Å². The molecule has 0 bridgehead atoms. The van der Waals surface area contributed by atoms with Crippen molar-refractivity contribution < 1.29 is 9.53 Å². The van der Waals surface area contributed by atoms with Crippen molar-refractivity contribution >= 4 is 5.91 Å². The zero-order chi connectivity index (χ0) is 11.3. The minimum Gasteiger partial charge on any atom is -0.496 e. The van der Waals surface area contributed by atoms with Crippen LogP contribution in [0.25, 0.3) is 0 Å². The van der Waals surface area contributed by atoms with Gasteiger partial charge in [-0.05, 0) is 11.6 Å². The molecule has 1 aromatic rings. The fourth-order valence-corrected chi connectivity index (χ4v) is 1.31. The van der Waals surface area contributed by atoms with Crippen LogP contribution >= 0.6 is 0 Å². The maximum absolute atomic E-state index is 11.1. The van der Waals surface area contributed by atoms with Gasteiger partial charge in [-0.2, -0.15) is 0 Å². The summed E-state index contributed by atoms with van der Waals surface area (Å²) < 4.78 is 5.14. The van der Waals surface area contributed by atoms with Crippen LogP contribution in [0.15, 0.2) is 24.3 Å². The lowest BCUT2D eigenvalue weighted by Crippen LogP contribution is -2.45. The van der Waals surface area contributed by atoms with Crippen molar-refractivity contribution in [3.05, 3.63) is 29.8 Å². The molecule has 1 rings (SSSR count). The molecule has 0 fully saturated rings. The van der Waals surface area contributed by atoms with Crippen LogP contribution in [0.3, 0.4) is 0 Å². The zero-order valence-corrected chi connectivity index (χ0v) is 8.57. The minimum atomic E-state index is -0.661. The molecule has 5 heteroatoms. The number of nitrogens with two attached hydrogens (primary N) is 2. The van der Waals surface area contributed by atoms with Crippen molar-refractivity contribution in [2.75, 3.05) is 7.11 Å². The summed E-state index contributed by atoms with van der Waals surface area (Å²) in [6.07, 6.45) is 0.396. The van der Waals surface area contributed by atoms with Crippen molar-refractivity contribution in [3.63, 3.8) is 0 Å². The van der Waals surface area contributed by atoms with Crippen LogP contribution in [-0.2, 0) is 11.2 Å². The topological polar surface area (TPSA) is 90.4 Å². The Morgan fingerprint density at radius 1 is 1.53 bits per heavy atom. The molecule has 82 valence electrons. The van der Waals surface area contributed by atoms with Gasteiger partial charge >= 0.3 is 0 Å². The Morgan fingerprint density at radius 3 is 2.80 bits per heavy atom. The first-order valence-electron chi connectivity index (χ1n) is 4.57. The average molecular weight is 209 g/mol. The summed E-state index contributed by atoms with van der Waals surface area (Å²) >= 11 is 0. The Bertz CT molecular complexity index is 341. The van der Waals surface area contributed by atoms with Gasteiger partial charge in [-0.25, -0.2) is 5.84 Å². The number of carbonyl (C=O) groups excluding carboxylic acids is 1. The summed E-state index contributed by atoms with van der Waals surface area (Å²) in [5, 5.41) is 0. The maximum atomic E-state index is 11.1. The van der Waals surface area contributed by atoms with Crippen LogP contribution in [0.2, 0.25) is 0 Å². The van der Waals surface area contributed by atoms with Crippen LogP contribution in [0.4, 0.5) is 0 Å². The number of ether oxygens (including phenoxy) is 1. The summed E-state index contributed by atoms with van der Waals surface area (Å²) in [7, 11) is 1.58. The van der Waals surface area contributed by atoms with Crippen LogP contribution in [0, 0.1) is 0 Å². The normalized spacial score (nSPS) is 11.9. The molecule has 0 aliphatic heterocycles. The molecule has 15 heavy (non-hydrogen) atoms. The van der Waals surface area contributed by atoms with E-state index in [1.54, 1.807) is 7.11 Å². The molecule has 0 aliphatic rings. The maximum Gasteiger partial charge on any atom is 0.251 e. The van der Waals surface area contributed by atoms with Gasteiger partial charge in [-0.3, -0.25) is 10.2 Å². The molecular weight excluding hydrogens is 194 g/mol. The van der Waals surface area contributed by atoms with Crippen molar-refractivity contribution in [1.82, 2.24) is 5.43 Å². The van der Waals surface area contributed by atoms with Gasteiger partial charge in [-0.15, -0.1) is 0 Å². The van der Waals surface area contributed by atoms with Gasteiger partial charge in [0.25, 0.3) is 5.91 Å². The molecule has 1 amide bonds. The second-order valence-corrected chi connectivity index (χ2v) is 3.13. The van der Waals surface area contributed by atoms with Gasteiger partial charge in [0.05, 0.1) is 13.2 Å². The van der Waals surface area contributed by atoms with Gasteiger partial charge in [0.15, 0.2) is 0 Å². The number of benzene rings is 1. The van der Waals surface area contributed by atoms with Crippen LogP contribution < -0.4 is 21.7 Å². The molecular formula is C10H15N3O2. The third kappa shape index (κ3) is 2.93. The van der Waals surface area contributed by atoms with Crippen molar-refractivity contribution in [2.24, 2.45) is 11.6 Å². The first-order valence-corrected chi connectivity index (χ1v) is 4.57. The Balaban J connectivity index is 2.75. The molecule has 1 aromatic carbocycles. The quantitative estimate of drug-likeness (QED) is 0.356. The number of hydrazine groups is 1. The average Bonchev–Trinajstić information content (AvgIpc) is 2.28. The lowest BCUT2D eigenvalue weighted by molar-refractivity contribution is -0.122. The van der Waals surface area contributed by atoms with Crippen molar-refractivity contribution in [1.29, 1.82) is 0 Å². The summed E-state index contributed by atoms with van der Waals surface area (Å²) in [5.41, 5.74) is 8.54. The molecule has 5 N–H and O–H groups in total. The van der Waals surface area contributed by atoms with Crippen LogP contribution in [0.5, 0.6) is 5.75 Å². The number of para-hydroxylation sites is 1. The van der Waals surface area contributed by atoms with Gasteiger partial charge in [0.2, 0.25) is 0 Å². The Kier molecular flexibility index (Phi) is 4.08. The Morgan fingerprint density at radius 2 is 2.20 bits per heavy atom. The highest BCUT2D eigenvalue weighted by Gasteiger charge is 2.14. The fraction of sp³-hybridized carbons (Fsp3) is 0.300. The molecule has 1 atom stereocenters. The third-order valence-corrected chi connectivity index (χ3v) is 2.11. The summed E-state index contributed by atoms with van der Waals surface area (Å²) in [5.74, 6) is 5.32. The number of rotatable bonds is 4. The van der Waals surface area contributed by atoms with E-state index in [0.717, 1.165) is 11.3 Å². The first-order chi connectivity index (χ1) is 7.19. The molecule has 1 unspecified atom stereocenters. The second-order valence-electron chi connectivity index (χ2n) is 3.13. The highest BCUT2D eigenvalue weighted by atomic mass is 16.5. The van der Waals surface area contributed by atoms with Crippen molar-refractivity contribution in [2.45, 2.75) is 12.5 Å². The van der Waals surface area contributed by atoms with E-state index in [2.05, 4.69) is 0 Å². The Hall–Kier alpha value is -1.59. The van der Waals surface area contributed by atoms with E-state index in [4.69, 9.17) is 16.3 Å². The van der Waals surface area contributed by atoms with E-state index in [1.165, 1.54) is 0 Å². The van der Waals surface area contributed by atoms with Gasteiger partial charge < -0.3 is 10.5 Å². The Labute approximate surface area is 88.4 Å². The largest absolute Gasteiger partial charge is 0.496 e. The summed E-state index contributed by atoms with van der Waals surface area (Å²) in [6.45, 7) is 0. The molecule has 5 nitrogen and oxygen atoms in total. The second kappa shape index (κ2) is 5.33. The van der Waals surface area contributed by atoms with Gasteiger partial charge in [-0.1, -0.05) is 18.2 Å². The predicted molar refractivity (Wildman–Crippen MR) is 57.0 cm³/mol. The molecule has 0 heterocycles. The molecule has 0 aliphatic carbocycles. The minimum absolute atomic E-state index is 0.388. The number of hydrogen-bond acceptors (Lipinski definition) is 4. The fourth-order valence-electron chi connectivity index (χ4n) is 1.31. The highest BCUT2D eigenvalue weighted by Crippen LogP contribution is 2.18. The highest BCUT2D eigenvalue weighted by molar-refractivity contribution is 5.81. The van der Waals surface area contributed by atoms with E-state index in [0.29, 0.717) is 6.42 Å². The number of methoxy groups -OCH3 is 1. The molecule has 0 saturated carbocycles. The van der Waals surface area contributed by atoms with Crippen LogP contribution in [0.1, 0.15) is 5.56 Å². The molecule has 0 spiro atoms. The molecule has 0 saturated heterocycles. The van der Waals surface area contributed by atoms with E-state index >= 15 is 0 Å². The standard InChI is InChI=1S/C10H15N3O2/c1-15-9-5-3-2-4-7(9)6-8(11)10(14)13-12/h2-5,8H,6,11-12H2,1H3,(H,13,14). The monoisotopic (exact) mass is 209 g/mol. The van der Waals surface area contributed by atoms with E-state index in [-0.39, 0.29) is 5.91 Å². The van der Waals surface area contributed by atoms with E-state index in [1.807, 2.05) is 29.7 Å². The lowest BCUT2D eigenvalue weighted by Gasteiger charge is -2.12. The zero-order valence-electron chi connectivity index (χ0n) is 8.57. The van der Waals surface area contributed by atoms with Crippen molar-refractivity contribution in [3.8, 4) is 5.75 Å². The third-order valence-electron chi connectivity index (χ3n) is 2.11. The number of hydrogen-bond donors (Lipinski definition) is 3. The number of carbonyl (C=O) groups is 1. The SMILES string of the molecule is COc1ccccc1CC(N)C(=O)NN.